The molecule has 4 heteroatoms. The topological polar surface area (TPSA) is 0 Å². The highest BCUT2D eigenvalue weighted by Crippen LogP contribution is 2.34. The van der Waals surface area contributed by atoms with Crippen LogP contribution in [-0.2, 0) is 0 Å². The predicted molar refractivity (Wildman–Crippen MR) is 42.0 cm³/mol. The van der Waals surface area contributed by atoms with E-state index >= 15 is 0 Å². The van der Waals surface area contributed by atoms with Crippen LogP contribution in [0.4, 0.5) is 0 Å². The first-order valence-corrected chi connectivity index (χ1v) is 4.17. The molecule has 0 nitrogen and oxygen atoms in total. The van der Waals surface area contributed by atoms with Crippen LogP contribution in [0.2, 0.25) is 9.36 Å². The van der Waals surface area contributed by atoms with Crippen LogP contribution in [0.3, 0.4) is 0 Å². The van der Waals surface area contributed by atoms with Gasteiger partial charge in [-0.05, 0) is 22.0 Å². The summed E-state index contributed by atoms with van der Waals surface area (Å²) < 4.78 is 1.60. The number of hydrogen-bond acceptors (Lipinski definition) is 1. The quantitative estimate of drug-likeness (QED) is 0.637. The van der Waals surface area contributed by atoms with Crippen molar-refractivity contribution in [2.24, 2.45) is 0 Å². The van der Waals surface area contributed by atoms with Crippen molar-refractivity contribution in [3.63, 3.8) is 0 Å². The second kappa shape index (κ2) is 2.56. The van der Waals surface area contributed by atoms with Crippen molar-refractivity contribution in [2.45, 2.75) is 0 Å². The first-order valence-electron chi connectivity index (χ1n) is 1.80. The summed E-state index contributed by atoms with van der Waals surface area (Å²) in [6, 6.07) is 1.71. The van der Waals surface area contributed by atoms with Gasteiger partial charge in [-0.3, -0.25) is 0 Å². The highest BCUT2D eigenvalue weighted by atomic mass is 79.9. The van der Waals surface area contributed by atoms with Gasteiger partial charge >= 0.3 is 0 Å². The number of rotatable bonds is 0. The Morgan fingerprint density at radius 3 is 2.25 bits per heavy atom. The Bertz CT molecular complexity index is 176. The molecule has 0 atom stereocenters. The molecule has 0 aromatic carbocycles. The largest absolute Gasteiger partial charge is 0.115 e. The van der Waals surface area contributed by atoms with E-state index in [1.807, 2.05) is 0 Å². The monoisotopic (exact) mass is 230 g/mol. The van der Waals surface area contributed by atoms with Crippen molar-refractivity contribution in [1.82, 2.24) is 0 Å². The average Bonchev–Trinajstić information content (AvgIpc) is 1.85. The van der Waals surface area contributed by atoms with Gasteiger partial charge in [0.2, 0.25) is 0 Å². The first-order chi connectivity index (χ1) is 3.70. The molecule has 0 N–H and O–H groups in total. The number of hydrogen-bond donors (Lipinski definition) is 0. The SMILES string of the molecule is Clc1cc(Cl)c(Br)s1. The molecule has 1 aromatic rings. The highest BCUT2D eigenvalue weighted by Gasteiger charge is 1.99. The van der Waals surface area contributed by atoms with Crippen LogP contribution in [0.1, 0.15) is 0 Å². The summed E-state index contributed by atoms with van der Waals surface area (Å²) in [5.41, 5.74) is 0. The summed E-state index contributed by atoms with van der Waals surface area (Å²) >= 11 is 15.8. The summed E-state index contributed by atoms with van der Waals surface area (Å²) in [5, 5.41) is 0.681. The Kier molecular flexibility index (Phi) is 2.20. The lowest BCUT2D eigenvalue weighted by Crippen LogP contribution is -1.44. The maximum atomic E-state index is 5.61. The molecule has 0 radical (unpaired) electrons. The van der Waals surface area contributed by atoms with Crippen molar-refractivity contribution in [3.8, 4) is 0 Å². The molecule has 1 aromatic heterocycles. The van der Waals surface area contributed by atoms with Crippen LogP contribution in [-0.4, -0.2) is 0 Å². The Morgan fingerprint density at radius 2 is 2.12 bits per heavy atom. The third-order valence-electron chi connectivity index (χ3n) is 0.615. The zero-order valence-electron chi connectivity index (χ0n) is 3.62. The Labute approximate surface area is 69.5 Å². The fraction of sp³-hybridized carbons (Fsp3) is 0. The van der Waals surface area contributed by atoms with E-state index in [9.17, 15) is 0 Å². The lowest BCUT2D eigenvalue weighted by Gasteiger charge is -1.73. The molecule has 8 heavy (non-hydrogen) atoms. The number of halogens is 3. The third-order valence-corrected chi connectivity index (χ3v) is 3.22. The Morgan fingerprint density at radius 1 is 1.50 bits per heavy atom. The normalized spacial score (nSPS) is 9.88. The molecule has 0 fully saturated rings. The van der Waals surface area contributed by atoms with E-state index < -0.39 is 0 Å². The van der Waals surface area contributed by atoms with E-state index in [4.69, 9.17) is 23.2 Å². The van der Waals surface area contributed by atoms with Crippen LogP contribution < -0.4 is 0 Å². The zero-order chi connectivity index (χ0) is 6.15. The van der Waals surface area contributed by atoms with Gasteiger partial charge in [0.05, 0.1) is 13.1 Å². The highest BCUT2D eigenvalue weighted by molar-refractivity contribution is 9.11. The molecule has 0 spiro atoms. The van der Waals surface area contributed by atoms with Crippen molar-refractivity contribution in [2.75, 3.05) is 0 Å². The summed E-state index contributed by atoms with van der Waals surface area (Å²) in [6.45, 7) is 0. The van der Waals surface area contributed by atoms with Gasteiger partial charge in [0.15, 0.2) is 0 Å². The Hall–Kier alpha value is 0.760. The van der Waals surface area contributed by atoms with Crippen molar-refractivity contribution < 1.29 is 0 Å². The van der Waals surface area contributed by atoms with Crippen LogP contribution in [0.15, 0.2) is 9.85 Å². The van der Waals surface area contributed by atoms with Gasteiger partial charge in [0.25, 0.3) is 0 Å². The van der Waals surface area contributed by atoms with Crippen LogP contribution in [0, 0.1) is 0 Å². The van der Waals surface area contributed by atoms with Gasteiger partial charge in [-0.1, -0.05) is 23.2 Å². The van der Waals surface area contributed by atoms with Crippen LogP contribution >= 0.6 is 50.5 Å². The first kappa shape index (κ1) is 6.87. The lowest BCUT2D eigenvalue weighted by molar-refractivity contribution is 1.95. The van der Waals surface area contributed by atoms with Gasteiger partial charge in [0, 0.05) is 0 Å². The molecular weight excluding hydrogens is 231 g/mol. The average molecular weight is 232 g/mol. The molecular formula is C4HBrCl2S. The third kappa shape index (κ3) is 1.38. The van der Waals surface area contributed by atoms with E-state index in [1.54, 1.807) is 6.07 Å². The summed E-state index contributed by atoms with van der Waals surface area (Å²) in [7, 11) is 0. The predicted octanol–water partition coefficient (Wildman–Crippen LogP) is 3.82. The van der Waals surface area contributed by atoms with Crippen LogP contribution in [0.5, 0.6) is 0 Å². The zero-order valence-corrected chi connectivity index (χ0v) is 7.53. The molecule has 0 saturated carbocycles. The minimum Gasteiger partial charge on any atom is -0.115 e. The summed E-state index contributed by atoms with van der Waals surface area (Å²) in [5.74, 6) is 0. The molecule has 44 valence electrons. The van der Waals surface area contributed by atoms with E-state index in [0.29, 0.717) is 9.36 Å². The van der Waals surface area contributed by atoms with Gasteiger partial charge in [0.1, 0.15) is 0 Å². The minimum absolute atomic E-state index is 0.681. The van der Waals surface area contributed by atoms with Crippen LogP contribution in [0.25, 0.3) is 0 Å². The maximum Gasteiger partial charge on any atom is 0.0955 e. The molecule has 0 unspecified atom stereocenters. The maximum absolute atomic E-state index is 5.61. The molecule has 0 aliphatic heterocycles. The fourth-order valence-corrected chi connectivity index (χ4v) is 2.43. The lowest BCUT2D eigenvalue weighted by atomic mass is 10.7. The van der Waals surface area contributed by atoms with Crippen molar-refractivity contribution >= 4 is 50.5 Å². The summed E-state index contributed by atoms with van der Waals surface area (Å²) in [6.07, 6.45) is 0. The fourth-order valence-electron chi connectivity index (χ4n) is 0.320. The summed E-state index contributed by atoms with van der Waals surface area (Å²) in [4.78, 5) is 0. The van der Waals surface area contributed by atoms with Gasteiger partial charge in [-0.2, -0.15) is 0 Å². The van der Waals surface area contributed by atoms with Gasteiger partial charge in [-0.15, -0.1) is 11.3 Å². The van der Waals surface area contributed by atoms with Crippen molar-refractivity contribution in [3.05, 3.63) is 19.2 Å². The molecule has 0 bridgehead atoms. The Balaban J connectivity index is 3.14. The molecule has 0 aliphatic rings. The smallest absolute Gasteiger partial charge is 0.0955 e. The second-order valence-electron chi connectivity index (χ2n) is 1.17. The number of thiophene rings is 1. The van der Waals surface area contributed by atoms with E-state index in [2.05, 4.69) is 15.9 Å². The van der Waals surface area contributed by atoms with E-state index in [0.717, 1.165) is 3.79 Å². The minimum atomic E-state index is 0.681. The van der Waals surface area contributed by atoms with E-state index in [1.165, 1.54) is 11.3 Å². The molecule has 1 heterocycles. The van der Waals surface area contributed by atoms with Gasteiger partial charge in [-0.25, -0.2) is 0 Å². The standard InChI is InChI=1S/C4HBrCl2S/c5-4-2(6)1-3(7)8-4/h1H. The molecule has 0 aliphatic carbocycles. The van der Waals surface area contributed by atoms with Crippen molar-refractivity contribution in [1.29, 1.82) is 0 Å². The second-order valence-corrected chi connectivity index (χ2v) is 4.58. The molecule has 1 rings (SSSR count). The molecule has 0 amide bonds. The van der Waals surface area contributed by atoms with Gasteiger partial charge < -0.3 is 0 Å². The van der Waals surface area contributed by atoms with E-state index in [-0.39, 0.29) is 0 Å². The molecule has 0 saturated heterocycles.